The smallest absolute Gasteiger partial charge is 0.275 e. The number of nitrogen functional groups attached to an aromatic ring is 1. The Morgan fingerprint density at radius 1 is 1.52 bits per heavy atom. The number of amides is 1. The van der Waals surface area contributed by atoms with Crippen molar-refractivity contribution >= 4 is 39.1 Å². The van der Waals surface area contributed by atoms with Gasteiger partial charge in [-0.3, -0.25) is 10.2 Å². The van der Waals surface area contributed by atoms with Crippen LogP contribution in [-0.4, -0.2) is 17.7 Å². The molecule has 5 N–H and O–H groups in total. The Morgan fingerprint density at radius 2 is 2.29 bits per heavy atom. The minimum Gasteiger partial charge on any atom is -0.327 e. The second kappa shape index (κ2) is 7.22. The van der Waals surface area contributed by atoms with Gasteiger partial charge in [-0.2, -0.15) is 11.8 Å². The number of benzene rings is 1. The monoisotopic (exact) mass is 327 g/mol. The molecular formula is C14H18FN3OS2. The molecule has 21 heavy (non-hydrogen) atoms. The number of nitrogens with two attached hydrogens (primary N) is 2. The number of rotatable bonds is 6. The average Bonchev–Trinajstić information content (AvgIpc) is 2.86. The number of hydrazine groups is 1. The normalized spacial score (nSPS) is 12.6. The summed E-state index contributed by atoms with van der Waals surface area (Å²) in [5.41, 5.74) is 8.71. The van der Waals surface area contributed by atoms with Crippen molar-refractivity contribution in [3.8, 4) is 0 Å². The molecule has 2 rings (SSSR count). The third kappa shape index (κ3) is 3.55. The number of thiophene rings is 1. The first-order valence-corrected chi connectivity index (χ1v) is 8.59. The van der Waals surface area contributed by atoms with Crippen LogP contribution >= 0.6 is 23.1 Å². The van der Waals surface area contributed by atoms with Gasteiger partial charge in [0.15, 0.2) is 0 Å². The van der Waals surface area contributed by atoms with Crippen molar-refractivity contribution in [2.75, 3.05) is 5.75 Å². The molecule has 0 fully saturated rings. The quantitative estimate of drug-likeness (QED) is 0.433. The van der Waals surface area contributed by atoms with Gasteiger partial charge in [-0.1, -0.05) is 13.0 Å². The van der Waals surface area contributed by atoms with Crippen LogP contribution in [0.3, 0.4) is 0 Å². The molecule has 0 aliphatic heterocycles. The van der Waals surface area contributed by atoms with Crippen LogP contribution in [0.4, 0.5) is 4.39 Å². The second-order valence-electron chi connectivity index (χ2n) is 4.68. The molecule has 4 nitrogen and oxygen atoms in total. The second-order valence-corrected chi connectivity index (χ2v) is 6.76. The fraction of sp³-hybridized carbons (Fsp3) is 0.357. The summed E-state index contributed by atoms with van der Waals surface area (Å²) in [5.74, 6) is 5.83. The van der Waals surface area contributed by atoms with Crippen molar-refractivity contribution in [3.05, 3.63) is 34.5 Å². The van der Waals surface area contributed by atoms with Gasteiger partial charge in [-0.15, -0.1) is 11.3 Å². The number of fused-ring (bicyclic) bond motifs is 1. The van der Waals surface area contributed by atoms with Gasteiger partial charge < -0.3 is 5.73 Å². The molecule has 0 saturated carbocycles. The highest BCUT2D eigenvalue weighted by Crippen LogP contribution is 2.35. The summed E-state index contributed by atoms with van der Waals surface area (Å²) in [6.07, 6.45) is 0.891. The third-order valence-corrected chi connectivity index (χ3v) is 5.56. The Bertz CT molecular complexity index is 644. The fourth-order valence-electron chi connectivity index (χ4n) is 1.98. The zero-order valence-electron chi connectivity index (χ0n) is 11.7. The minimum atomic E-state index is -0.383. The van der Waals surface area contributed by atoms with Crippen molar-refractivity contribution in [1.29, 1.82) is 0 Å². The van der Waals surface area contributed by atoms with Crippen molar-refractivity contribution in [2.24, 2.45) is 11.6 Å². The molecule has 0 saturated heterocycles. The number of thioether (sulfide) groups is 1. The zero-order chi connectivity index (χ0) is 15.4. The van der Waals surface area contributed by atoms with E-state index >= 15 is 0 Å². The first-order chi connectivity index (χ1) is 10.1. The summed E-state index contributed by atoms with van der Waals surface area (Å²) >= 11 is 2.86. The highest BCUT2D eigenvalue weighted by molar-refractivity contribution is 7.98. The largest absolute Gasteiger partial charge is 0.327 e. The molecule has 1 atom stereocenters. The van der Waals surface area contributed by atoms with Gasteiger partial charge in [0.1, 0.15) is 5.82 Å². The maximum Gasteiger partial charge on any atom is 0.275 e. The summed E-state index contributed by atoms with van der Waals surface area (Å²) in [6, 6.07) is 4.96. The maximum atomic E-state index is 14.1. The van der Waals surface area contributed by atoms with Crippen LogP contribution in [-0.2, 0) is 5.75 Å². The van der Waals surface area contributed by atoms with Gasteiger partial charge in [-0.05, 0) is 24.1 Å². The Labute approximate surface area is 131 Å². The van der Waals surface area contributed by atoms with Crippen molar-refractivity contribution in [1.82, 2.24) is 5.43 Å². The van der Waals surface area contributed by atoms with Crippen molar-refractivity contribution in [3.63, 3.8) is 0 Å². The average molecular weight is 327 g/mol. The first kappa shape index (κ1) is 16.2. The molecule has 114 valence electrons. The van der Waals surface area contributed by atoms with E-state index in [2.05, 4.69) is 5.43 Å². The molecule has 1 heterocycles. The lowest BCUT2D eigenvalue weighted by Crippen LogP contribution is -2.30. The van der Waals surface area contributed by atoms with E-state index in [0.29, 0.717) is 21.6 Å². The summed E-state index contributed by atoms with van der Waals surface area (Å²) in [6.45, 7) is 2.03. The van der Waals surface area contributed by atoms with Crippen LogP contribution in [0.2, 0.25) is 0 Å². The van der Waals surface area contributed by atoms with E-state index in [1.807, 2.05) is 13.0 Å². The van der Waals surface area contributed by atoms with Gasteiger partial charge in [0, 0.05) is 27.6 Å². The van der Waals surface area contributed by atoms with E-state index in [9.17, 15) is 9.18 Å². The standard InChI is InChI=1S/C14H18FN3OS2/c1-2-8(16)6-20-7-9-12-10(15)4-3-5-11(12)21-13(9)14(19)18-17/h3-5,8H,2,6-7,16-17H2,1H3,(H,18,19). The van der Waals surface area contributed by atoms with Gasteiger partial charge in [0.05, 0.1) is 4.88 Å². The summed E-state index contributed by atoms with van der Waals surface area (Å²) in [4.78, 5) is 12.4. The minimum absolute atomic E-state index is 0.108. The molecule has 2 aromatic rings. The molecule has 7 heteroatoms. The van der Waals surface area contributed by atoms with Crippen molar-refractivity contribution < 1.29 is 9.18 Å². The molecule has 0 radical (unpaired) electrons. The maximum absolute atomic E-state index is 14.1. The van der Waals surface area contributed by atoms with Gasteiger partial charge in [0.25, 0.3) is 5.91 Å². The van der Waals surface area contributed by atoms with Gasteiger partial charge >= 0.3 is 0 Å². The SMILES string of the molecule is CCC(N)CSCc1c(C(=O)NN)sc2cccc(F)c12. The van der Waals surface area contributed by atoms with Crippen molar-refractivity contribution in [2.45, 2.75) is 25.1 Å². The van der Waals surface area contributed by atoms with Crippen LogP contribution in [0.25, 0.3) is 10.1 Å². The lowest BCUT2D eigenvalue weighted by Gasteiger charge is -2.09. The molecule has 1 unspecified atom stereocenters. The Morgan fingerprint density at radius 3 is 2.95 bits per heavy atom. The highest BCUT2D eigenvalue weighted by atomic mass is 32.2. The molecule has 0 aliphatic carbocycles. The lowest BCUT2D eigenvalue weighted by molar-refractivity contribution is 0.0957. The molecule has 1 aromatic heterocycles. The van der Waals surface area contributed by atoms with Crippen LogP contribution in [0.15, 0.2) is 18.2 Å². The Kier molecular flexibility index (Phi) is 5.58. The van der Waals surface area contributed by atoms with E-state index in [1.165, 1.54) is 17.4 Å². The molecule has 0 aliphatic rings. The predicted molar refractivity (Wildman–Crippen MR) is 87.9 cm³/mol. The Balaban J connectivity index is 2.35. The lowest BCUT2D eigenvalue weighted by atomic mass is 10.1. The molecule has 0 spiro atoms. The van der Waals surface area contributed by atoms with E-state index in [0.717, 1.165) is 16.9 Å². The number of nitrogens with one attached hydrogen (secondary N) is 1. The molecule has 0 bridgehead atoms. The number of carbonyl (C=O) groups excluding carboxylic acids is 1. The fourth-order valence-corrected chi connectivity index (χ4v) is 4.36. The molecule has 1 amide bonds. The number of carbonyl (C=O) groups is 1. The molecular weight excluding hydrogens is 309 g/mol. The summed E-state index contributed by atoms with van der Waals surface area (Å²) < 4.78 is 14.8. The van der Waals surface area contributed by atoms with Gasteiger partial charge in [0.2, 0.25) is 0 Å². The highest BCUT2D eigenvalue weighted by Gasteiger charge is 2.20. The van der Waals surface area contributed by atoms with Crippen LogP contribution in [0, 0.1) is 5.82 Å². The summed E-state index contributed by atoms with van der Waals surface area (Å²) in [7, 11) is 0. The predicted octanol–water partition coefficient (Wildman–Crippen LogP) is 2.61. The molecule has 1 aromatic carbocycles. The van der Waals surface area contributed by atoms with Gasteiger partial charge in [-0.25, -0.2) is 10.2 Å². The van der Waals surface area contributed by atoms with E-state index in [4.69, 9.17) is 11.6 Å². The first-order valence-electron chi connectivity index (χ1n) is 6.62. The topological polar surface area (TPSA) is 81.1 Å². The number of hydrogen-bond donors (Lipinski definition) is 3. The Hall–Kier alpha value is -1.15. The number of hydrogen-bond acceptors (Lipinski definition) is 5. The van der Waals surface area contributed by atoms with E-state index < -0.39 is 0 Å². The van der Waals surface area contributed by atoms with E-state index in [-0.39, 0.29) is 17.8 Å². The van der Waals surface area contributed by atoms with Crippen LogP contribution < -0.4 is 17.0 Å². The van der Waals surface area contributed by atoms with Crippen LogP contribution in [0.1, 0.15) is 28.6 Å². The summed E-state index contributed by atoms with van der Waals surface area (Å²) in [5, 5.41) is 0.513. The number of halogens is 1. The third-order valence-electron chi connectivity index (χ3n) is 3.20. The zero-order valence-corrected chi connectivity index (χ0v) is 13.3. The van der Waals surface area contributed by atoms with E-state index in [1.54, 1.807) is 17.8 Å². The van der Waals surface area contributed by atoms with Crippen LogP contribution in [0.5, 0.6) is 0 Å².